The fourth-order valence-corrected chi connectivity index (χ4v) is 2.93. The zero-order valence-electron chi connectivity index (χ0n) is 17.0. The predicted molar refractivity (Wildman–Crippen MR) is 109 cm³/mol. The zero-order chi connectivity index (χ0) is 21.2. The van der Waals surface area contributed by atoms with Gasteiger partial charge in [0.25, 0.3) is 5.91 Å². The van der Waals surface area contributed by atoms with E-state index in [0.29, 0.717) is 37.3 Å². The molecule has 2 aromatic carbocycles. The molecule has 0 saturated carbocycles. The van der Waals surface area contributed by atoms with Gasteiger partial charge in [-0.1, -0.05) is 31.5 Å². The van der Waals surface area contributed by atoms with E-state index in [1.54, 1.807) is 20.3 Å². The maximum absolute atomic E-state index is 13.8. The van der Waals surface area contributed by atoms with Crippen molar-refractivity contribution in [3.05, 3.63) is 59.4 Å². The monoisotopic (exact) mass is 402 g/mol. The quantitative estimate of drug-likeness (QED) is 0.640. The Kier molecular flexibility index (Phi) is 8.45. The molecule has 0 aliphatic rings. The topological polar surface area (TPSA) is 76.7 Å². The molecule has 2 rings (SSSR count). The van der Waals surface area contributed by atoms with Crippen LogP contribution < -0.4 is 20.1 Å². The first-order valence-electron chi connectivity index (χ1n) is 9.54. The van der Waals surface area contributed by atoms with E-state index in [9.17, 15) is 14.0 Å². The van der Waals surface area contributed by atoms with Crippen molar-refractivity contribution < 1.29 is 23.5 Å². The summed E-state index contributed by atoms with van der Waals surface area (Å²) in [4.78, 5) is 24.9. The fourth-order valence-electron chi connectivity index (χ4n) is 2.93. The number of hydrogen-bond acceptors (Lipinski definition) is 4. The lowest BCUT2D eigenvalue weighted by atomic mass is 10.1. The van der Waals surface area contributed by atoms with Crippen LogP contribution in [0.15, 0.2) is 42.5 Å². The van der Waals surface area contributed by atoms with Gasteiger partial charge in [-0.25, -0.2) is 4.39 Å². The van der Waals surface area contributed by atoms with E-state index in [0.717, 1.165) is 5.56 Å². The van der Waals surface area contributed by atoms with E-state index in [4.69, 9.17) is 9.47 Å². The van der Waals surface area contributed by atoms with Crippen LogP contribution in [0.25, 0.3) is 0 Å². The van der Waals surface area contributed by atoms with Gasteiger partial charge >= 0.3 is 0 Å². The van der Waals surface area contributed by atoms with E-state index in [-0.39, 0.29) is 11.5 Å². The first-order chi connectivity index (χ1) is 14.0. The Morgan fingerprint density at radius 3 is 2.45 bits per heavy atom. The summed E-state index contributed by atoms with van der Waals surface area (Å²) in [6, 6.07) is 10.5. The molecule has 0 saturated heterocycles. The molecule has 0 aliphatic carbocycles. The van der Waals surface area contributed by atoms with Crippen LogP contribution in [0.4, 0.5) is 4.39 Å². The van der Waals surface area contributed by atoms with Gasteiger partial charge in [0.1, 0.15) is 11.9 Å². The molecule has 2 N–H and O–H groups in total. The number of nitrogens with one attached hydrogen (secondary N) is 2. The van der Waals surface area contributed by atoms with Crippen molar-refractivity contribution in [2.45, 2.75) is 32.2 Å². The van der Waals surface area contributed by atoms with Gasteiger partial charge in [0, 0.05) is 6.54 Å². The Hall–Kier alpha value is -3.09. The molecule has 0 fully saturated rings. The number of carbonyl (C=O) groups is 2. The maximum Gasteiger partial charge on any atom is 0.254 e. The molecule has 0 aliphatic heterocycles. The lowest BCUT2D eigenvalue weighted by molar-refractivity contribution is -0.123. The van der Waals surface area contributed by atoms with Gasteiger partial charge in [0.2, 0.25) is 5.91 Å². The summed E-state index contributed by atoms with van der Waals surface area (Å²) in [7, 11) is 3.14. The Labute approximate surface area is 170 Å². The maximum atomic E-state index is 13.8. The minimum absolute atomic E-state index is 0.0771. The van der Waals surface area contributed by atoms with Gasteiger partial charge in [0.05, 0.1) is 19.8 Å². The van der Waals surface area contributed by atoms with Crippen LogP contribution in [0.5, 0.6) is 11.5 Å². The zero-order valence-corrected chi connectivity index (χ0v) is 17.0. The summed E-state index contributed by atoms with van der Waals surface area (Å²) < 4.78 is 24.3. The van der Waals surface area contributed by atoms with Gasteiger partial charge in [-0.15, -0.1) is 0 Å². The lowest BCUT2D eigenvalue weighted by Crippen LogP contribution is -2.47. The summed E-state index contributed by atoms with van der Waals surface area (Å²) in [5, 5.41) is 5.46. The summed E-state index contributed by atoms with van der Waals surface area (Å²) in [5.74, 6) is -0.251. The van der Waals surface area contributed by atoms with Crippen LogP contribution in [-0.2, 0) is 11.2 Å². The number of rotatable bonds is 10. The van der Waals surface area contributed by atoms with E-state index >= 15 is 0 Å². The van der Waals surface area contributed by atoms with Crippen LogP contribution in [0.2, 0.25) is 0 Å². The molecule has 6 nitrogen and oxygen atoms in total. The highest BCUT2D eigenvalue weighted by atomic mass is 19.1. The molecule has 7 heteroatoms. The first-order valence-corrected chi connectivity index (χ1v) is 9.54. The highest BCUT2D eigenvalue weighted by molar-refractivity contribution is 5.97. The van der Waals surface area contributed by atoms with Crippen molar-refractivity contribution >= 4 is 11.8 Å². The molecular weight excluding hydrogens is 375 g/mol. The minimum atomic E-state index is -0.725. The summed E-state index contributed by atoms with van der Waals surface area (Å²) in [5.41, 5.74) is 0.900. The van der Waals surface area contributed by atoms with Gasteiger partial charge in [0.15, 0.2) is 11.5 Å². The average Bonchev–Trinajstić information content (AvgIpc) is 2.73. The summed E-state index contributed by atoms with van der Waals surface area (Å²) in [6.45, 7) is 2.31. The molecule has 0 aromatic heterocycles. The molecule has 0 bridgehead atoms. The van der Waals surface area contributed by atoms with Crippen LogP contribution >= 0.6 is 0 Å². The van der Waals surface area contributed by atoms with Crippen molar-refractivity contribution in [3.63, 3.8) is 0 Å². The van der Waals surface area contributed by atoms with Crippen molar-refractivity contribution in [2.24, 2.45) is 0 Å². The number of halogens is 1. The van der Waals surface area contributed by atoms with Crippen molar-refractivity contribution in [1.29, 1.82) is 0 Å². The third kappa shape index (κ3) is 6.20. The van der Waals surface area contributed by atoms with Crippen molar-refractivity contribution in [2.75, 3.05) is 20.8 Å². The Balaban J connectivity index is 1.94. The second kappa shape index (κ2) is 11.0. The van der Waals surface area contributed by atoms with E-state index in [1.165, 1.54) is 18.2 Å². The van der Waals surface area contributed by atoms with Crippen LogP contribution in [-0.4, -0.2) is 38.6 Å². The molecule has 2 aromatic rings. The number of methoxy groups -OCH3 is 2. The Bertz CT molecular complexity index is 841. The van der Waals surface area contributed by atoms with E-state index in [2.05, 4.69) is 10.6 Å². The van der Waals surface area contributed by atoms with Gasteiger partial charge in [-0.3, -0.25) is 9.59 Å². The SMILES string of the molecule is CCCC(NC(=O)c1ccccc1F)C(=O)NCCc1ccc(OC)c(OC)c1. The molecule has 29 heavy (non-hydrogen) atoms. The van der Waals surface area contributed by atoms with Crippen LogP contribution in [0, 0.1) is 5.82 Å². The Morgan fingerprint density at radius 2 is 1.79 bits per heavy atom. The molecule has 0 radical (unpaired) electrons. The smallest absolute Gasteiger partial charge is 0.254 e. The number of amides is 2. The standard InChI is InChI=1S/C22H27FN2O4/c1-4-7-18(25-21(26)16-8-5-6-9-17(16)23)22(27)24-13-12-15-10-11-19(28-2)20(14-15)29-3/h5-6,8-11,14,18H,4,7,12-13H2,1-3H3,(H,24,27)(H,25,26). The highest BCUT2D eigenvalue weighted by Gasteiger charge is 2.21. The molecule has 156 valence electrons. The first kappa shape index (κ1) is 22.2. The Morgan fingerprint density at radius 1 is 1.07 bits per heavy atom. The predicted octanol–water partition coefficient (Wildman–Crippen LogP) is 3.10. The third-order valence-corrected chi connectivity index (χ3v) is 4.48. The third-order valence-electron chi connectivity index (χ3n) is 4.48. The van der Waals surface area contributed by atoms with Crippen molar-refractivity contribution in [1.82, 2.24) is 10.6 Å². The molecule has 2 amide bonds. The number of carbonyl (C=O) groups excluding carboxylic acids is 2. The normalized spacial score (nSPS) is 11.4. The lowest BCUT2D eigenvalue weighted by Gasteiger charge is -2.18. The minimum Gasteiger partial charge on any atom is -0.493 e. The molecule has 1 unspecified atom stereocenters. The average molecular weight is 402 g/mol. The summed E-state index contributed by atoms with van der Waals surface area (Å²) in [6.07, 6.45) is 1.75. The number of hydrogen-bond donors (Lipinski definition) is 2. The second-order valence-electron chi connectivity index (χ2n) is 6.52. The highest BCUT2D eigenvalue weighted by Crippen LogP contribution is 2.27. The van der Waals surface area contributed by atoms with Gasteiger partial charge in [-0.05, 0) is 42.7 Å². The fraction of sp³-hybridized carbons (Fsp3) is 0.364. The number of benzene rings is 2. The van der Waals surface area contributed by atoms with E-state index in [1.807, 2.05) is 25.1 Å². The molecule has 1 atom stereocenters. The van der Waals surface area contributed by atoms with Gasteiger partial charge < -0.3 is 20.1 Å². The van der Waals surface area contributed by atoms with Crippen LogP contribution in [0.3, 0.4) is 0 Å². The van der Waals surface area contributed by atoms with Crippen molar-refractivity contribution in [3.8, 4) is 11.5 Å². The largest absolute Gasteiger partial charge is 0.493 e. The molecule has 0 heterocycles. The number of ether oxygens (including phenoxy) is 2. The molecular formula is C22H27FN2O4. The second-order valence-corrected chi connectivity index (χ2v) is 6.52. The van der Waals surface area contributed by atoms with Crippen LogP contribution in [0.1, 0.15) is 35.7 Å². The molecule has 0 spiro atoms. The summed E-state index contributed by atoms with van der Waals surface area (Å²) >= 11 is 0. The van der Waals surface area contributed by atoms with E-state index < -0.39 is 17.8 Å². The van der Waals surface area contributed by atoms with Gasteiger partial charge in [-0.2, -0.15) is 0 Å².